The highest BCUT2D eigenvalue weighted by Crippen LogP contribution is 2.18. The molecule has 0 spiro atoms. The van der Waals surface area contributed by atoms with Crippen molar-refractivity contribution in [3.63, 3.8) is 0 Å². The average molecular weight is 266 g/mol. The Hall–Kier alpha value is -1.92. The van der Waals surface area contributed by atoms with Crippen LogP contribution in [0.1, 0.15) is 32.5 Å². The van der Waals surface area contributed by atoms with E-state index in [1.807, 2.05) is 0 Å². The summed E-state index contributed by atoms with van der Waals surface area (Å²) in [4.78, 5) is 29.7. The van der Waals surface area contributed by atoms with Gasteiger partial charge in [0.05, 0.1) is 0 Å². The topological polar surface area (TPSA) is 88.3 Å². The lowest BCUT2D eigenvalue weighted by Crippen LogP contribution is -2.67. The third-order valence-corrected chi connectivity index (χ3v) is 3.21. The van der Waals surface area contributed by atoms with Gasteiger partial charge < -0.3 is 14.7 Å². The van der Waals surface area contributed by atoms with E-state index in [9.17, 15) is 9.59 Å². The van der Waals surface area contributed by atoms with Crippen LogP contribution < -0.4 is 5.32 Å². The van der Waals surface area contributed by atoms with Crippen molar-refractivity contribution in [3.8, 4) is 0 Å². The number of carbonyl (C=O) groups is 2. The van der Waals surface area contributed by atoms with Gasteiger partial charge in [0.25, 0.3) is 0 Å². The van der Waals surface area contributed by atoms with E-state index in [1.54, 1.807) is 32.6 Å². The van der Waals surface area contributed by atoms with Gasteiger partial charge >= 0.3 is 0 Å². The molecule has 2 heterocycles. The SMILES string of the molecule is Cc1noc(CCN2C(=O)C(C)(C)NC(=O)C2C)n1. The molecule has 1 aromatic heterocycles. The van der Waals surface area contributed by atoms with Crippen molar-refractivity contribution in [3.05, 3.63) is 11.7 Å². The van der Waals surface area contributed by atoms with Crippen LogP contribution in [0.3, 0.4) is 0 Å². The molecule has 1 aliphatic rings. The number of nitrogens with zero attached hydrogens (tertiary/aromatic N) is 3. The number of rotatable bonds is 3. The van der Waals surface area contributed by atoms with Crippen molar-refractivity contribution in [2.24, 2.45) is 0 Å². The summed E-state index contributed by atoms with van der Waals surface area (Å²) in [6.07, 6.45) is 0.445. The third-order valence-electron chi connectivity index (χ3n) is 3.21. The summed E-state index contributed by atoms with van der Waals surface area (Å²) >= 11 is 0. The van der Waals surface area contributed by atoms with Gasteiger partial charge in [-0.3, -0.25) is 9.59 Å². The molecule has 19 heavy (non-hydrogen) atoms. The van der Waals surface area contributed by atoms with Gasteiger partial charge in [0, 0.05) is 13.0 Å². The van der Waals surface area contributed by atoms with E-state index in [0.717, 1.165) is 0 Å². The second-order valence-corrected chi connectivity index (χ2v) is 5.27. The molecule has 2 rings (SSSR count). The molecule has 0 bridgehead atoms. The molecule has 0 saturated carbocycles. The van der Waals surface area contributed by atoms with E-state index in [-0.39, 0.29) is 11.8 Å². The molecule has 2 amide bonds. The maximum Gasteiger partial charge on any atom is 0.248 e. The molecule has 1 aromatic rings. The summed E-state index contributed by atoms with van der Waals surface area (Å²) in [5.74, 6) is 0.787. The van der Waals surface area contributed by atoms with Crippen LogP contribution in [0.2, 0.25) is 0 Å². The van der Waals surface area contributed by atoms with Gasteiger partial charge in [-0.05, 0) is 27.7 Å². The Bertz CT molecular complexity index is 509. The molecule has 1 saturated heterocycles. The third kappa shape index (κ3) is 2.59. The Morgan fingerprint density at radius 1 is 1.42 bits per heavy atom. The van der Waals surface area contributed by atoms with Crippen LogP contribution in [0, 0.1) is 6.92 Å². The fourth-order valence-corrected chi connectivity index (χ4v) is 2.10. The maximum absolute atomic E-state index is 12.3. The minimum absolute atomic E-state index is 0.101. The standard InChI is InChI=1S/C12H18N4O3/c1-7-10(17)14-12(3,4)11(18)16(7)6-5-9-13-8(2)15-19-9/h7H,5-6H2,1-4H3,(H,14,17). The number of amides is 2. The molecular weight excluding hydrogens is 248 g/mol. The highest BCUT2D eigenvalue weighted by molar-refractivity contribution is 5.99. The lowest BCUT2D eigenvalue weighted by Gasteiger charge is -2.41. The molecule has 1 atom stereocenters. The molecule has 7 nitrogen and oxygen atoms in total. The number of aryl methyl sites for hydroxylation is 1. The summed E-state index contributed by atoms with van der Waals surface area (Å²) in [7, 11) is 0. The molecule has 1 N–H and O–H groups in total. The Kier molecular flexibility index (Phi) is 3.30. The number of aromatic nitrogens is 2. The predicted octanol–water partition coefficient (Wildman–Crippen LogP) is 0.0460. The zero-order chi connectivity index (χ0) is 14.2. The molecule has 1 aliphatic heterocycles. The van der Waals surface area contributed by atoms with Crippen molar-refractivity contribution >= 4 is 11.8 Å². The van der Waals surface area contributed by atoms with E-state index < -0.39 is 11.6 Å². The van der Waals surface area contributed by atoms with Crippen LogP contribution in [0.5, 0.6) is 0 Å². The fourth-order valence-electron chi connectivity index (χ4n) is 2.10. The van der Waals surface area contributed by atoms with Crippen LogP contribution in [-0.2, 0) is 16.0 Å². The molecule has 0 aromatic carbocycles. The Morgan fingerprint density at radius 2 is 2.11 bits per heavy atom. The minimum atomic E-state index is -0.867. The first-order chi connectivity index (χ1) is 8.81. The van der Waals surface area contributed by atoms with Gasteiger partial charge in [-0.15, -0.1) is 0 Å². The van der Waals surface area contributed by atoms with Gasteiger partial charge in [0.1, 0.15) is 11.6 Å². The molecule has 0 radical (unpaired) electrons. The van der Waals surface area contributed by atoms with Crippen LogP contribution in [0.4, 0.5) is 0 Å². The van der Waals surface area contributed by atoms with Crippen molar-refractivity contribution in [1.29, 1.82) is 0 Å². The van der Waals surface area contributed by atoms with Crippen LogP contribution in [-0.4, -0.2) is 45.0 Å². The van der Waals surface area contributed by atoms with E-state index in [1.165, 1.54) is 0 Å². The number of nitrogens with one attached hydrogen (secondary N) is 1. The summed E-state index contributed by atoms with van der Waals surface area (Å²) in [5, 5.41) is 6.40. The normalized spacial score (nSPS) is 22.5. The first-order valence-corrected chi connectivity index (χ1v) is 6.23. The largest absolute Gasteiger partial charge is 0.340 e. The molecule has 104 valence electrons. The molecule has 7 heteroatoms. The van der Waals surface area contributed by atoms with Crippen molar-refractivity contribution in [2.75, 3.05) is 6.54 Å². The van der Waals surface area contributed by atoms with Crippen LogP contribution >= 0.6 is 0 Å². The predicted molar refractivity (Wildman–Crippen MR) is 66.1 cm³/mol. The summed E-state index contributed by atoms with van der Waals surface area (Å²) in [6, 6.07) is -0.482. The van der Waals surface area contributed by atoms with Gasteiger partial charge in [-0.2, -0.15) is 4.98 Å². The Morgan fingerprint density at radius 3 is 2.68 bits per heavy atom. The van der Waals surface area contributed by atoms with Crippen LogP contribution in [0.25, 0.3) is 0 Å². The average Bonchev–Trinajstić information content (AvgIpc) is 2.72. The number of hydrogen-bond donors (Lipinski definition) is 1. The smallest absolute Gasteiger partial charge is 0.248 e. The quantitative estimate of drug-likeness (QED) is 0.835. The van der Waals surface area contributed by atoms with Crippen LogP contribution in [0.15, 0.2) is 4.52 Å². The molecule has 0 aliphatic carbocycles. The fraction of sp³-hybridized carbons (Fsp3) is 0.667. The lowest BCUT2D eigenvalue weighted by atomic mass is 9.97. The van der Waals surface area contributed by atoms with E-state index in [2.05, 4.69) is 15.5 Å². The van der Waals surface area contributed by atoms with Gasteiger partial charge in [0.2, 0.25) is 17.7 Å². The highest BCUT2D eigenvalue weighted by atomic mass is 16.5. The van der Waals surface area contributed by atoms with E-state index >= 15 is 0 Å². The summed E-state index contributed by atoms with van der Waals surface area (Å²) in [6.45, 7) is 7.23. The minimum Gasteiger partial charge on any atom is -0.340 e. The first kappa shape index (κ1) is 13.5. The second-order valence-electron chi connectivity index (χ2n) is 5.27. The lowest BCUT2D eigenvalue weighted by molar-refractivity contribution is -0.152. The number of hydrogen-bond acceptors (Lipinski definition) is 5. The Balaban J connectivity index is 2.08. The zero-order valence-corrected chi connectivity index (χ0v) is 11.6. The second kappa shape index (κ2) is 4.64. The number of carbonyl (C=O) groups excluding carboxylic acids is 2. The van der Waals surface area contributed by atoms with Crippen molar-refractivity contribution < 1.29 is 14.1 Å². The van der Waals surface area contributed by atoms with Gasteiger partial charge in [-0.25, -0.2) is 0 Å². The Labute approximate surface area is 111 Å². The summed E-state index contributed by atoms with van der Waals surface area (Å²) < 4.78 is 5.01. The molecule has 1 fully saturated rings. The van der Waals surface area contributed by atoms with Gasteiger partial charge in [0.15, 0.2) is 5.82 Å². The van der Waals surface area contributed by atoms with E-state index in [0.29, 0.717) is 24.7 Å². The van der Waals surface area contributed by atoms with Crippen molar-refractivity contribution in [2.45, 2.75) is 45.7 Å². The molecule has 1 unspecified atom stereocenters. The van der Waals surface area contributed by atoms with Crippen molar-refractivity contribution in [1.82, 2.24) is 20.4 Å². The number of piperazine rings is 1. The monoisotopic (exact) mass is 266 g/mol. The zero-order valence-electron chi connectivity index (χ0n) is 11.6. The summed E-state index contributed by atoms with van der Waals surface area (Å²) in [5.41, 5.74) is -0.867. The van der Waals surface area contributed by atoms with E-state index in [4.69, 9.17) is 4.52 Å². The molecular formula is C12H18N4O3. The first-order valence-electron chi connectivity index (χ1n) is 6.23. The highest BCUT2D eigenvalue weighted by Gasteiger charge is 2.43. The van der Waals surface area contributed by atoms with Gasteiger partial charge in [-0.1, -0.05) is 5.16 Å². The maximum atomic E-state index is 12.3.